The standard InChI is InChI=1S/C24H28ClN9OS.C2HF3O2/c1-2-16-20(25)19-21(30-16)31-24(32-23(19)33-8-5-13(26)12-33)36-15-9-17-22(29-10-15)34(18(35)11-28-17)14-3-6-27-7-4-14;3-2(4,5)1(6)7/h9-11,13-14,27H,2-8,12,26H2,1H3,(H,30,31,32);(H,6,7)/t13-;/m1./s1. The summed E-state index contributed by atoms with van der Waals surface area (Å²) in [5.41, 5.74) is 9.04. The van der Waals surface area contributed by atoms with Crippen molar-refractivity contribution in [2.45, 2.75) is 60.9 Å². The van der Waals surface area contributed by atoms with E-state index in [2.05, 4.69) is 32.1 Å². The van der Waals surface area contributed by atoms with Gasteiger partial charge in [-0.05, 0) is 56.6 Å². The number of carboxylic acid groups (broad SMARTS) is 1. The number of alkyl halides is 3. The summed E-state index contributed by atoms with van der Waals surface area (Å²) in [5.74, 6) is -1.95. The minimum absolute atomic E-state index is 0.111. The Bertz CT molecular complexity index is 1710. The Hall–Kier alpha value is -3.47. The molecule has 0 unspecified atom stereocenters. The van der Waals surface area contributed by atoms with Gasteiger partial charge in [-0.3, -0.25) is 9.36 Å². The molecule has 0 aromatic carbocycles. The summed E-state index contributed by atoms with van der Waals surface area (Å²) in [6, 6.07) is 2.19. The Morgan fingerprint density at radius 2 is 1.93 bits per heavy atom. The molecule has 4 aromatic heterocycles. The summed E-state index contributed by atoms with van der Waals surface area (Å²) < 4.78 is 33.5. The van der Waals surface area contributed by atoms with E-state index in [0.717, 1.165) is 79.3 Å². The molecular formula is C26H29ClF3N9O3S. The van der Waals surface area contributed by atoms with E-state index >= 15 is 0 Å². The smallest absolute Gasteiger partial charge is 0.475 e. The van der Waals surface area contributed by atoms with Crippen molar-refractivity contribution in [1.82, 2.24) is 34.8 Å². The molecule has 230 valence electrons. The molecule has 0 spiro atoms. The largest absolute Gasteiger partial charge is 0.490 e. The lowest BCUT2D eigenvalue weighted by atomic mass is 10.1. The zero-order valence-corrected chi connectivity index (χ0v) is 24.6. The Labute approximate surface area is 252 Å². The zero-order valence-electron chi connectivity index (χ0n) is 23.0. The van der Waals surface area contributed by atoms with E-state index in [-0.39, 0.29) is 17.6 Å². The highest BCUT2D eigenvalue weighted by Crippen LogP contribution is 2.37. The molecule has 4 aromatic rings. The van der Waals surface area contributed by atoms with Crippen LogP contribution in [0.4, 0.5) is 19.0 Å². The number of rotatable bonds is 5. The number of aryl methyl sites for hydroxylation is 1. The molecule has 0 amide bonds. The summed E-state index contributed by atoms with van der Waals surface area (Å²) in [5, 5.41) is 12.6. The van der Waals surface area contributed by atoms with Crippen molar-refractivity contribution in [2.24, 2.45) is 5.73 Å². The first-order valence-corrected chi connectivity index (χ1v) is 14.8. The maximum Gasteiger partial charge on any atom is 0.490 e. The summed E-state index contributed by atoms with van der Waals surface area (Å²) in [4.78, 5) is 46.7. The van der Waals surface area contributed by atoms with Crippen molar-refractivity contribution >= 4 is 57.3 Å². The maximum absolute atomic E-state index is 12.7. The van der Waals surface area contributed by atoms with Crippen molar-refractivity contribution in [3.63, 3.8) is 0 Å². The molecule has 2 aliphatic rings. The monoisotopic (exact) mass is 639 g/mol. The van der Waals surface area contributed by atoms with Crippen LogP contribution in [-0.4, -0.2) is 79.0 Å². The summed E-state index contributed by atoms with van der Waals surface area (Å²) in [6.07, 6.45) is 1.55. The van der Waals surface area contributed by atoms with Crippen LogP contribution in [0.25, 0.3) is 22.2 Å². The van der Waals surface area contributed by atoms with Crippen molar-refractivity contribution in [3.8, 4) is 0 Å². The first-order valence-electron chi connectivity index (χ1n) is 13.6. The molecule has 2 fully saturated rings. The van der Waals surface area contributed by atoms with Gasteiger partial charge in [0.05, 0.1) is 16.6 Å². The molecule has 0 saturated carbocycles. The normalized spacial score (nSPS) is 17.8. The van der Waals surface area contributed by atoms with Crippen LogP contribution in [0.3, 0.4) is 0 Å². The van der Waals surface area contributed by atoms with E-state index in [1.807, 2.05) is 6.07 Å². The zero-order chi connectivity index (χ0) is 30.9. The molecule has 0 radical (unpaired) electrons. The topological polar surface area (TPSA) is 168 Å². The number of carbonyl (C=O) groups is 1. The number of nitrogens with two attached hydrogens (primary N) is 1. The summed E-state index contributed by atoms with van der Waals surface area (Å²) >= 11 is 8.14. The fourth-order valence-electron chi connectivity index (χ4n) is 5.15. The SMILES string of the molecule is CCc1[nH]c2nc(Sc3cnc4c(c3)ncc(=O)n4C3CCNCC3)nc(N3CC[C@@H](N)C3)c2c1Cl.O=C(O)C(F)(F)F. The number of fused-ring (bicyclic) bond motifs is 2. The average molecular weight is 640 g/mol. The second kappa shape index (κ2) is 12.6. The van der Waals surface area contributed by atoms with Gasteiger partial charge in [0, 0.05) is 42.0 Å². The summed E-state index contributed by atoms with van der Waals surface area (Å²) in [6.45, 7) is 5.40. The molecule has 43 heavy (non-hydrogen) atoms. The second-order valence-electron chi connectivity index (χ2n) is 10.2. The van der Waals surface area contributed by atoms with Crippen LogP contribution in [-0.2, 0) is 11.2 Å². The number of anilines is 1. The number of aromatic nitrogens is 6. The van der Waals surface area contributed by atoms with E-state index in [4.69, 9.17) is 37.2 Å². The molecule has 1 atom stereocenters. The predicted octanol–water partition coefficient (Wildman–Crippen LogP) is 3.53. The average Bonchev–Trinajstić information content (AvgIpc) is 3.55. The van der Waals surface area contributed by atoms with Gasteiger partial charge in [0.15, 0.2) is 10.8 Å². The Morgan fingerprint density at radius 1 is 1.21 bits per heavy atom. The van der Waals surface area contributed by atoms with Crippen molar-refractivity contribution < 1.29 is 23.1 Å². The lowest BCUT2D eigenvalue weighted by Crippen LogP contribution is -2.34. The minimum Gasteiger partial charge on any atom is -0.475 e. The van der Waals surface area contributed by atoms with Crippen molar-refractivity contribution in [1.29, 1.82) is 0 Å². The highest BCUT2D eigenvalue weighted by Gasteiger charge is 2.38. The van der Waals surface area contributed by atoms with E-state index in [0.29, 0.717) is 21.3 Å². The third-order valence-electron chi connectivity index (χ3n) is 7.23. The van der Waals surface area contributed by atoms with E-state index in [1.165, 1.54) is 18.0 Å². The van der Waals surface area contributed by atoms with Crippen LogP contribution < -0.4 is 21.5 Å². The van der Waals surface area contributed by atoms with Crippen LogP contribution in [0.2, 0.25) is 5.02 Å². The van der Waals surface area contributed by atoms with Gasteiger partial charge in [0.2, 0.25) is 0 Å². The van der Waals surface area contributed by atoms with Crippen LogP contribution in [0, 0.1) is 0 Å². The molecule has 17 heteroatoms. The van der Waals surface area contributed by atoms with E-state index < -0.39 is 12.1 Å². The van der Waals surface area contributed by atoms with Crippen LogP contribution in [0.1, 0.15) is 37.9 Å². The van der Waals surface area contributed by atoms with Crippen LogP contribution in [0.5, 0.6) is 0 Å². The number of carboxylic acids is 1. The fraction of sp³-hybridized carbons (Fsp3) is 0.462. The first kappa shape index (κ1) is 31.0. The maximum atomic E-state index is 12.7. The van der Waals surface area contributed by atoms with Crippen LogP contribution in [0.15, 0.2) is 33.3 Å². The number of aliphatic carboxylic acids is 1. The molecule has 0 aliphatic carbocycles. The second-order valence-corrected chi connectivity index (χ2v) is 11.6. The number of hydrogen-bond donors (Lipinski definition) is 4. The molecule has 2 aliphatic heterocycles. The molecule has 0 bridgehead atoms. The van der Waals surface area contributed by atoms with Gasteiger partial charge in [-0.1, -0.05) is 18.5 Å². The highest BCUT2D eigenvalue weighted by atomic mass is 35.5. The van der Waals surface area contributed by atoms with Gasteiger partial charge < -0.3 is 26.0 Å². The van der Waals surface area contributed by atoms with Gasteiger partial charge in [-0.25, -0.2) is 24.7 Å². The lowest BCUT2D eigenvalue weighted by Gasteiger charge is -2.25. The summed E-state index contributed by atoms with van der Waals surface area (Å²) in [7, 11) is 0. The van der Waals surface area contributed by atoms with Gasteiger partial charge in [-0.15, -0.1) is 0 Å². The van der Waals surface area contributed by atoms with E-state index in [9.17, 15) is 18.0 Å². The molecule has 6 heterocycles. The number of aromatic amines is 1. The molecule has 2 saturated heterocycles. The lowest BCUT2D eigenvalue weighted by molar-refractivity contribution is -0.192. The number of hydrogen-bond acceptors (Lipinski definition) is 10. The molecule has 12 nitrogen and oxygen atoms in total. The van der Waals surface area contributed by atoms with Crippen molar-refractivity contribution in [3.05, 3.63) is 39.5 Å². The third kappa shape index (κ3) is 6.71. The van der Waals surface area contributed by atoms with Crippen molar-refractivity contribution in [2.75, 3.05) is 31.1 Å². The highest BCUT2D eigenvalue weighted by molar-refractivity contribution is 7.99. The van der Waals surface area contributed by atoms with E-state index in [1.54, 1.807) is 10.8 Å². The Balaban J connectivity index is 0.000000472. The Kier molecular flexibility index (Phi) is 9.10. The van der Waals surface area contributed by atoms with Crippen LogP contribution >= 0.6 is 23.4 Å². The number of pyridine rings is 1. The van der Waals surface area contributed by atoms with Gasteiger partial charge >= 0.3 is 12.1 Å². The first-order chi connectivity index (χ1) is 20.5. The van der Waals surface area contributed by atoms with Gasteiger partial charge in [0.1, 0.15) is 17.0 Å². The number of nitrogens with zero attached hydrogens (tertiary/aromatic N) is 6. The number of H-pyrrole nitrogens is 1. The minimum atomic E-state index is -5.08. The number of piperidine rings is 1. The predicted molar refractivity (Wildman–Crippen MR) is 156 cm³/mol. The number of nitrogens with one attached hydrogen (secondary N) is 2. The third-order valence-corrected chi connectivity index (χ3v) is 8.47. The molecule has 6 rings (SSSR count). The number of halogens is 4. The molecule has 5 N–H and O–H groups in total. The fourth-order valence-corrected chi connectivity index (χ4v) is 6.26. The quantitative estimate of drug-likeness (QED) is 0.236. The van der Waals surface area contributed by atoms with Gasteiger partial charge in [0.25, 0.3) is 5.56 Å². The Morgan fingerprint density at radius 3 is 2.56 bits per heavy atom. The molecular weight excluding hydrogens is 611 g/mol. The van der Waals surface area contributed by atoms with Gasteiger partial charge in [-0.2, -0.15) is 13.2 Å².